The molecule has 84 valence electrons. The van der Waals surface area contributed by atoms with Crippen LogP contribution >= 0.6 is 11.3 Å². The number of carboxylic acid groups (broad SMARTS) is 1. The Morgan fingerprint density at radius 1 is 1.41 bits per heavy atom. The van der Waals surface area contributed by atoms with E-state index in [2.05, 4.69) is 9.97 Å². The maximum Gasteiger partial charge on any atom is 0.348 e. The van der Waals surface area contributed by atoms with Gasteiger partial charge in [-0.1, -0.05) is 11.3 Å². The van der Waals surface area contributed by atoms with Gasteiger partial charge in [-0.05, 0) is 12.1 Å². The molecule has 0 aliphatic carbocycles. The number of carboxylic acids is 1. The first-order chi connectivity index (χ1) is 8.27. The summed E-state index contributed by atoms with van der Waals surface area (Å²) in [7, 11) is 0. The molecule has 3 aromatic rings. The standard InChI is InChI=1S/C11H7N3O2S/c15-10(16)9-8(7-2-1-3-12-6-7)14-5-4-13-11(14)17-9/h1-6H,(H,15,16). The molecular formula is C11H7N3O2S. The van der Waals surface area contributed by atoms with Gasteiger partial charge in [-0.15, -0.1) is 0 Å². The third-order valence-electron chi connectivity index (χ3n) is 2.39. The fourth-order valence-corrected chi connectivity index (χ4v) is 2.65. The smallest absolute Gasteiger partial charge is 0.348 e. The number of imidazole rings is 1. The molecule has 5 nitrogen and oxygen atoms in total. The second-order valence-corrected chi connectivity index (χ2v) is 4.38. The number of nitrogens with zero attached hydrogens (tertiary/aromatic N) is 3. The molecule has 0 saturated carbocycles. The van der Waals surface area contributed by atoms with E-state index in [-0.39, 0.29) is 4.88 Å². The fraction of sp³-hybridized carbons (Fsp3) is 0. The minimum Gasteiger partial charge on any atom is -0.477 e. The predicted octanol–water partition coefficient (Wildman–Crippen LogP) is 2.16. The zero-order chi connectivity index (χ0) is 11.8. The Morgan fingerprint density at radius 3 is 3.00 bits per heavy atom. The van der Waals surface area contributed by atoms with Crippen LogP contribution in [0.2, 0.25) is 0 Å². The first-order valence-corrected chi connectivity index (χ1v) is 5.68. The lowest BCUT2D eigenvalue weighted by molar-refractivity contribution is 0.0702. The number of pyridine rings is 1. The van der Waals surface area contributed by atoms with E-state index in [1.54, 1.807) is 35.3 Å². The van der Waals surface area contributed by atoms with Gasteiger partial charge >= 0.3 is 5.97 Å². The van der Waals surface area contributed by atoms with E-state index in [4.69, 9.17) is 0 Å². The zero-order valence-electron chi connectivity index (χ0n) is 8.57. The molecule has 6 heteroatoms. The predicted molar refractivity (Wildman–Crippen MR) is 63.3 cm³/mol. The third kappa shape index (κ3) is 1.50. The first-order valence-electron chi connectivity index (χ1n) is 4.87. The van der Waals surface area contributed by atoms with Crippen LogP contribution < -0.4 is 0 Å². The zero-order valence-corrected chi connectivity index (χ0v) is 9.39. The highest BCUT2D eigenvalue weighted by Gasteiger charge is 2.19. The lowest BCUT2D eigenvalue weighted by atomic mass is 10.2. The molecule has 0 spiro atoms. The summed E-state index contributed by atoms with van der Waals surface area (Å²) in [6, 6.07) is 3.61. The van der Waals surface area contributed by atoms with Gasteiger partial charge in [0.25, 0.3) is 0 Å². The van der Waals surface area contributed by atoms with Crippen molar-refractivity contribution in [3.63, 3.8) is 0 Å². The van der Waals surface area contributed by atoms with E-state index < -0.39 is 5.97 Å². The quantitative estimate of drug-likeness (QED) is 0.751. The summed E-state index contributed by atoms with van der Waals surface area (Å²) >= 11 is 1.16. The number of hydrogen-bond donors (Lipinski definition) is 1. The SMILES string of the molecule is O=C(O)c1sc2nccn2c1-c1cccnc1. The minimum absolute atomic E-state index is 0.279. The molecule has 3 heterocycles. The van der Waals surface area contributed by atoms with Crippen LogP contribution in [0.4, 0.5) is 0 Å². The maximum atomic E-state index is 11.2. The first kappa shape index (κ1) is 9.98. The Kier molecular flexibility index (Phi) is 2.15. The summed E-state index contributed by atoms with van der Waals surface area (Å²) in [4.78, 5) is 20.3. The Morgan fingerprint density at radius 2 is 2.29 bits per heavy atom. The number of aromatic carboxylic acids is 1. The molecule has 0 fully saturated rings. The van der Waals surface area contributed by atoms with Gasteiger partial charge in [0.1, 0.15) is 4.88 Å². The van der Waals surface area contributed by atoms with Crippen LogP contribution in [0.1, 0.15) is 9.67 Å². The summed E-state index contributed by atoms with van der Waals surface area (Å²) in [5, 5.41) is 9.20. The van der Waals surface area contributed by atoms with Gasteiger partial charge in [-0.25, -0.2) is 9.78 Å². The number of rotatable bonds is 2. The van der Waals surface area contributed by atoms with E-state index in [9.17, 15) is 9.90 Å². The van der Waals surface area contributed by atoms with E-state index in [1.807, 2.05) is 6.07 Å². The van der Waals surface area contributed by atoms with Gasteiger partial charge in [-0.2, -0.15) is 0 Å². The Bertz CT molecular complexity index is 687. The maximum absolute atomic E-state index is 11.2. The third-order valence-corrected chi connectivity index (χ3v) is 3.44. The van der Waals surface area contributed by atoms with Crippen molar-refractivity contribution >= 4 is 22.3 Å². The number of aromatic nitrogens is 3. The highest BCUT2D eigenvalue weighted by atomic mass is 32.1. The van der Waals surface area contributed by atoms with Crippen molar-refractivity contribution in [3.05, 3.63) is 41.8 Å². The number of thiazole rings is 1. The van der Waals surface area contributed by atoms with Gasteiger partial charge in [-0.3, -0.25) is 9.38 Å². The van der Waals surface area contributed by atoms with Crippen molar-refractivity contribution < 1.29 is 9.90 Å². The molecule has 0 aliphatic rings. The van der Waals surface area contributed by atoms with Crippen LogP contribution in [0.15, 0.2) is 36.9 Å². The molecule has 0 unspecified atom stereocenters. The van der Waals surface area contributed by atoms with Crippen molar-refractivity contribution in [2.45, 2.75) is 0 Å². The molecule has 17 heavy (non-hydrogen) atoms. The molecule has 0 saturated heterocycles. The molecule has 0 aromatic carbocycles. The number of hydrogen-bond acceptors (Lipinski definition) is 4. The van der Waals surface area contributed by atoms with Crippen LogP contribution in [0.25, 0.3) is 16.2 Å². The molecule has 0 amide bonds. The van der Waals surface area contributed by atoms with Crippen LogP contribution in [0.3, 0.4) is 0 Å². The normalized spacial score (nSPS) is 10.8. The van der Waals surface area contributed by atoms with E-state index in [0.717, 1.165) is 16.9 Å². The fourth-order valence-electron chi connectivity index (χ4n) is 1.70. The lowest BCUT2D eigenvalue weighted by Crippen LogP contribution is -1.97. The largest absolute Gasteiger partial charge is 0.477 e. The average molecular weight is 245 g/mol. The highest BCUT2D eigenvalue weighted by molar-refractivity contribution is 7.19. The van der Waals surface area contributed by atoms with Crippen LogP contribution in [0.5, 0.6) is 0 Å². The summed E-state index contributed by atoms with van der Waals surface area (Å²) in [5.41, 5.74) is 1.40. The summed E-state index contributed by atoms with van der Waals surface area (Å²) in [5.74, 6) is -0.945. The Hall–Kier alpha value is -2.21. The molecular weight excluding hydrogens is 238 g/mol. The Balaban J connectivity index is 2.36. The van der Waals surface area contributed by atoms with Crippen LogP contribution in [0, 0.1) is 0 Å². The summed E-state index contributed by atoms with van der Waals surface area (Å²) in [6.45, 7) is 0. The molecule has 3 rings (SSSR count). The second-order valence-electron chi connectivity index (χ2n) is 3.41. The second kappa shape index (κ2) is 3.67. The molecule has 3 aromatic heterocycles. The van der Waals surface area contributed by atoms with E-state index >= 15 is 0 Å². The summed E-state index contributed by atoms with van der Waals surface area (Å²) < 4.78 is 1.77. The summed E-state index contributed by atoms with van der Waals surface area (Å²) in [6.07, 6.45) is 6.70. The number of carbonyl (C=O) groups is 1. The van der Waals surface area contributed by atoms with Crippen molar-refractivity contribution in [1.82, 2.24) is 14.4 Å². The van der Waals surface area contributed by atoms with Gasteiger partial charge in [0.05, 0.1) is 5.69 Å². The monoisotopic (exact) mass is 245 g/mol. The van der Waals surface area contributed by atoms with Crippen LogP contribution in [-0.4, -0.2) is 25.4 Å². The van der Waals surface area contributed by atoms with Crippen LogP contribution in [-0.2, 0) is 0 Å². The highest BCUT2D eigenvalue weighted by Crippen LogP contribution is 2.30. The van der Waals surface area contributed by atoms with Crippen molar-refractivity contribution in [2.24, 2.45) is 0 Å². The molecule has 0 aliphatic heterocycles. The van der Waals surface area contributed by atoms with E-state index in [0.29, 0.717) is 10.7 Å². The van der Waals surface area contributed by atoms with Crippen molar-refractivity contribution in [1.29, 1.82) is 0 Å². The molecule has 0 radical (unpaired) electrons. The van der Waals surface area contributed by atoms with Gasteiger partial charge in [0.15, 0.2) is 4.96 Å². The Labute approximate surface area is 100 Å². The van der Waals surface area contributed by atoms with Gasteiger partial charge < -0.3 is 5.11 Å². The average Bonchev–Trinajstić information content (AvgIpc) is 2.89. The van der Waals surface area contributed by atoms with Crippen molar-refractivity contribution in [2.75, 3.05) is 0 Å². The number of fused-ring (bicyclic) bond motifs is 1. The van der Waals surface area contributed by atoms with Gasteiger partial charge in [0, 0.05) is 30.4 Å². The van der Waals surface area contributed by atoms with E-state index in [1.165, 1.54) is 0 Å². The molecule has 0 bridgehead atoms. The molecule has 1 N–H and O–H groups in total. The minimum atomic E-state index is -0.945. The van der Waals surface area contributed by atoms with Gasteiger partial charge in [0.2, 0.25) is 0 Å². The topological polar surface area (TPSA) is 67.5 Å². The lowest BCUT2D eigenvalue weighted by Gasteiger charge is -2.00. The van der Waals surface area contributed by atoms with Crippen molar-refractivity contribution in [3.8, 4) is 11.3 Å². The molecule has 0 atom stereocenters.